The molecule has 0 aliphatic heterocycles. The van der Waals surface area contributed by atoms with Crippen LogP contribution < -0.4 is 0 Å². The zero-order chi connectivity index (χ0) is 61.8. The van der Waals surface area contributed by atoms with Gasteiger partial charge in [0.15, 0.2) is 0 Å². The summed E-state index contributed by atoms with van der Waals surface area (Å²) < 4.78 is 0. The average Bonchev–Trinajstić information content (AvgIpc) is 3.84. The van der Waals surface area contributed by atoms with Crippen molar-refractivity contribution in [2.75, 3.05) is 0 Å². The van der Waals surface area contributed by atoms with Gasteiger partial charge < -0.3 is 0 Å². The standard InChI is InChI=1S/C30H52.C11H24.2C9H20.C7H16.C4H6.C3H4.3C2H6/c1-8-23-14-17-28(5)24(20-23)15-18-30(7)26-13-12-25(22(4)11-9-10-21(2)3)29(26,6)19-16-27(28)30;1-3-5-7-9-11-10-8-6-4-2;1-4-7-8-9(5-2)6-3;1-3-5-7-9-8-6-4-2;1-3-5-7-6-4-2;1-3-4-2;1-3-2;3*1-2/h15,21-23,25-27H,8-14,16-20H2,1-7H3;3-11H2,1-2H3;9H,4-8H2,1-3H3;3-9H2,1-2H3;3-7H2,1-2H3;1H,4H2,2H3;1H,2H3;3*1-2H3. The lowest BCUT2D eigenvalue weighted by Gasteiger charge is -2.63. The number of hydrogen-bond donors (Lipinski definition) is 0. The molecule has 0 amide bonds. The Labute approximate surface area is 508 Å². The van der Waals surface area contributed by atoms with E-state index in [9.17, 15) is 0 Å². The molecule has 8 atom stereocenters. The normalized spacial score (nSPS) is 23.0. The fourth-order valence-electron chi connectivity index (χ4n) is 14.0. The lowest BCUT2D eigenvalue weighted by molar-refractivity contribution is -0.112. The van der Waals surface area contributed by atoms with Gasteiger partial charge in [-0.1, -0.05) is 364 Å². The van der Waals surface area contributed by atoms with Gasteiger partial charge in [0.1, 0.15) is 0 Å². The highest BCUT2D eigenvalue weighted by molar-refractivity contribution is 5.27. The second-order valence-electron chi connectivity index (χ2n) is 25.5. The molecule has 3 fully saturated rings. The van der Waals surface area contributed by atoms with E-state index in [1.54, 1.807) is 6.92 Å². The molecule has 476 valence electrons. The Morgan fingerprint density at radius 1 is 0.481 bits per heavy atom. The van der Waals surface area contributed by atoms with Crippen molar-refractivity contribution < 1.29 is 0 Å². The van der Waals surface area contributed by atoms with Gasteiger partial charge in [0, 0.05) is 6.42 Å². The molecular weight excluding hydrogens is 949 g/mol. The summed E-state index contributed by atoms with van der Waals surface area (Å²) in [4.78, 5) is 0. The quantitative estimate of drug-likeness (QED) is 0.0398. The zero-order valence-electron chi connectivity index (χ0n) is 60.4. The van der Waals surface area contributed by atoms with E-state index < -0.39 is 0 Å². The van der Waals surface area contributed by atoms with Crippen LogP contribution in [0.15, 0.2) is 11.6 Å². The van der Waals surface area contributed by atoms with Crippen LogP contribution in [0, 0.1) is 82.4 Å². The predicted molar refractivity (Wildman–Crippen MR) is 374 cm³/mol. The van der Waals surface area contributed by atoms with Crippen LogP contribution in [-0.2, 0) is 0 Å². The summed E-state index contributed by atoms with van der Waals surface area (Å²) >= 11 is 0. The van der Waals surface area contributed by atoms with E-state index in [2.05, 4.69) is 135 Å². The van der Waals surface area contributed by atoms with E-state index in [0.717, 1.165) is 47.8 Å². The molecule has 0 radical (unpaired) electrons. The molecule has 0 saturated heterocycles. The molecular formula is C79H160. The molecule has 0 spiro atoms. The maximum absolute atomic E-state index is 4.78. The van der Waals surface area contributed by atoms with Crippen LogP contribution in [-0.4, -0.2) is 0 Å². The minimum Gasteiger partial charge on any atom is -0.120 e. The van der Waals surface area contributed by atoms with Crippen molar-refractivity contribution in [1.29, 1.82) is 0 Å². The number of unbranched alkanes of at least 4 members (excludes halogenated alkanes) is 19. The number of hydrogen-bond acceptors (Lipinski definition) is 0. The van der Waals surface area contributed by atoms with Gasteiger partial charge in [-0.3, -0.25) is 0 Å². The van der Waals surface area contributed by atoms with Crippen LogP contribution >= 0.6 is 0 Å². The van der Waals surface area contributed by atoms with Gasteiger partial charge in [-0.2, -0.15) is 0 Å². The average molecular weight is 1110 g/mol. The van der Waals surface area contributed by atoms with Crippen molar-refractivity contribution in [3.63, 3.8) is 0 Å². The Kier molecular flexibility index (Phi) is 72.6. The van der Waals surface area contributed by atoms with Crippen LogP contribution in [0.5, 0.6) is 0 Å². The first kappa shape index (κ1) is 89.1. The van der Waals surface area contributed by atoms with Gasteiger partial charge in [-0.15, -0.1) is 24.7 Å². The molecule has 4 aliphatic rings. The van der Waals surface area contributed by atoms with Gasteiger partial charge in [0.05, 0.1) is 0 Å². The van der Waals surface area contributed by atoms with Gasteiger partial charge in [0.25, 0.3) is 0 Å². The van der Waals surface area contributed by atoms with Crippen molar-refractivity contribution in [3.8, 4) is 24.7 Å². The summed E-state index contributed by atoms with van der Waals surface area (Å²) in [5, 5.41) is 0. The Morgan fingerprint density at radius 2 is 0.873 bits per heavy atom. The SMILES string of the molecule is C#CC.C#CCC.CC.CC.CC.CCC1CCC2(C)C(=CCC3(C)C2CCC2(C)C(C(C)CCCC(C)C)CCC23)C1.CCCCC(CC)CC.CCCCCCC.CCCCCCCCC.CCCCCCCCCCC. The number of terminal acetylenes is 2. The van der Waals surface area contributed by atoms with E-state index in [-0.39, 0.29) is 0 Å². The largest absolute Gasteiger partial charge is 0.120 e. The molecule has 0 aromatic rings. The third-order valence-electron chi connectivity index (χ3n) is 19.0. The Balaban J connectivity index is -0.000000226. The first-order valence-electron chi connectivity index (χ1n) is 36.6. The molecule has 0 aromatic carbocycles. The van der Waals surface area contributed by atoms with Crippen molar-refractivity contribution in [2.45, 2.75) is 417 Å². The Bertz CT molecular complexity index is 1250. The highest BCUT2D eigenvalue weighted by atomic mass is 14.7. The fourth-order valence-corrected chi connectivity index (χ4v) is 14.0. The van der Waals surface area contributed by atoms with Gasteiger partial charge in [-0.25, -0.2) is 0 Å². The highest BCUT2D eigenvalue weighted by Crippen LogP contribution is 2.72. The van der Waals surface area contributed by atoms with Gasteiger partial charge >= 0.3 is 0 Å². The first-order valence-corrected chi connectivity index (χ1v) is 36.6. The van der Waals surface area contributed by atoms with Crippen molar-refractivity contribution >= 4 is 0 Å². The highest BCUT2D eigenvalue weighted by Gasteiger charge is 2.63. The first-order chi connectivity index (χ1) is 38.1. The molecule has 8 unspecified atom stereocenters. The minimum atomic E-state index is 0.515. The molecule has 0 heterocycles. The molecule has 0 nitrogen and oxygen atoms in total. The van der Waals surface area contributed by atoms with E-state index in [0.29, 0.717) is 16.2 Å². The molecule has 0 bridgehead atoms. The second kappa shape index (κ2) is 64.4. The minimum absolute atomic E-state index is 0.515. The Morgan fingerprint density at radius 3 is 1.23 bits per heavy atom. The number of fused-ring (bicyclic) bond motifs is 5. The molecule has 0 aromatic heterocycles. The summed E-state index contributed by atoms with van der Waals surface area (Å²) in [5.41, 5.74) is 3.55. The summed E-state index contributed by atoms with van der Waals surface area (Å²) in [5.74, 6) is 11.3. The smallest absolute Gasteiger partial charge is 0.00576 e. The summed E-state index contributed by atoms with van der Waals surface area (Å²) in [6.07, 6.45) is 67.4. The number of rotatable bonds is 29. The van der Waals surface area contributed by atoms with Crippen LogP contribution in [0.25, 0.3) is 0 Å². The van der Waals surface area contributed by atoms with Crippen LogP contribution in [0.3, 0.4) is 0 Å². The van der Waals surface area contributed by atoms with Crippen molar-refractivity contribution in [2.24, 2.45) is 57.7 Å². The molecule has 4 aliphatic carbocycles. The molecule has 0 heteroatoms. The van der Waals surface area contributed by atoms with Crippen LogP contribution in [0.1, 0.15) is 417 Å². The maximum atomic E-state index is 4.78. The topological polar surface area (TPSA) is 0 Å². The zero-order valence-corrected chi connectivity index (χ0v) is 60.4. The summed E-state index contributed by atoms with van der Waals surface area (Å²) in [6.45, 7) is 54.0. The Hall–Kier alpha value is -1.14. The molecule has 4 rings (SSSR count). The maximum Gasteiger partial charge on any atom is 0.00576 e. The monoisotopic (exact) mass is 1110 g/mol. The van der Waals surface area contributed by atoms with Gasteiger partial charge in [0.2, 0.25) is 0 Å². The fraction of sp³-hybridized carbons (Fsp3) is 0.924. The number of allylic oxidation sites excluding steroid dienone is 2. The van der Waals surface area contributed by atoms with Crippen molar-refractivity contribution in [3.05, 3.63) is 11.6 Å². The summed E-state index contributed by atoms with van der Waals surface area (Å²) in [6, 6.07) is 0. The van der Waals surface area contributed by atoms with Crippen molar-refractivity contribution in [1.82, 2.24) is 0 Å². The lowest BCUT2D eigenvalue weighted by atomic mass is 9.41. The van der Waals surface area contributed by atoms with E-state index in [4.69, 9.17) is 6.42 Å². The van der Waals surface area contributed by atoms with Crippen LogP contribution in [0.4, 0.5) is 0 Å². The van der Waals surface area contributed by atoms with Gasteiger partial charge in [-0.05, 0) is 116 Å². The lowest BCUT2D eigenvalue weighted by Crippen LogP contribution is -2.56. The predicted octanol–water partition coefficient (Wildman–Crippen LogP) is 29.1. The second-order valence-corrected chi connectivity index (χ2v) is 25.5. The van der Waals surface area contributed by atoms with E-state index in [1.165, 1.54) is 244 Å². The molecule has 3 saturated carbocycles. The summed E-state index contributed by atoms with van der Waals surface area (Å²) in [7, 11) is 0. The van der Waals surface area contributed by atoms with E-state index >= 15 is 0 Å². The molecule has 79 heavy (non-hydrogen) atoms. The third kappa shape index (κ3) is 42.3. The third-order valence-corrected chi connectivity index (χ3v) is 19.0. The molecule has 0 N–H and O–H groups in total. The van der Waals surface area contributed by atoms with E-state index in [1.807, 2.05) is 54.0 Å². The van der Waals surface area contributed by atoms with Crippen LogP contribution in [0.2, 0.25) is 0 Å².